The van der Waals surface area contributed by atoms with Gasteiger partial charge in [0.2, 0.25) is 5.91 Å². The number of fused-ring (bicyclic) bond motifs is 1. The average molecular weight is 280 g/mol. The smallest absolute Gasteiger partial charge is 0.255 e. The van der Waals surface area contributed by atoms with Crippen molar-refractivity contribution < 1.29 is 9.59 Å². The minimum atomic E-state index is -0.185. The highest BCUT2D eigenvalue weighted by Crippen LogP contribution is 2.21. The SMILES string of the molecule is C#C/C=C/C(=O)n1cc(CCNC(C)=O)c2ccccc21. The molecule has 0 unspecified atom stereocenters. The van der Waals surface area contributed by atoms with Crippen molar-refractivity contribution in [3.63, 3.8) is 0 Å². The number of aromatic nitrogens is 1. The Kier molecular flexibility index (Phi) is 4.57. The van der Waals surface area contributed by atoms with Gasteiger partial charge in [0.05, 0.1) is 5.52 Å². The van der Waals surface area contributed by atoms with E-state index in [1.807, 2.05) is 24.3 Å². The molecule has 1 heterocycles. The number of hydrogen-bond donors (Lipinski definition) is 1. The van der Waals surface area contributed by atoms with Crippen LogP contribution in [-0.4, -0.2) is 22.9 Å². The van der Waals surface area contributed by atoms with Crippen LogP contribution in [0.15, 0.2) is 42.6 Å². The molecule has 1 amide bonds. The van der Waals surface area contributed by atoms with Gasteiger partial charge in [-0.05, 0) is 24.1 Å². The normalized spacial score (nSPS) is 10.7. The molecule has 0 saturated carbocycles. The van der Waals surface area contributed by atoms with Crippen molar-refractivity contribution in [2.75, 3.05) is 6.54 Å². The zero-order valence-corrected chi connectivity index (χ0v) is 11.8. The first-order valence-electron chi connectivity index (χ1n) is 6.64. The fourth-order valence-corrected chi connectivity index (χ4v) is 2.20. The number of hydrogen-bond acceptors (Lipinski definition) is 2. The van der Waals surface area contributed by atoms with Crippen molar-refractivity contribution >= 4 is 22.7 Å². The van der Waals surface area contributed by atoms with E-state index < -0.39 is 0 Å². The molecule has 21 heavy (non-hydrogen) atoms. The highest BCUT2D eigenvalue weighted by molar-refractivity contribution is 5.99. The Balaban J connectivity index is 2.35. The molecule has 2 aromatic rings. The van der Waals surface area contributed by atoms with Crippen LogP contribution in [0.5, 0.6) is 0 Å². The van der Waals surface area contributed by atoms with E-state index in [4.69, 9.17) is 6.42 Å². The molecule has 1 aromatic heterocycles. The third kappa shape index (κ3) is 3.40. The Labute approximate surface area is 123 Å². The summed E-state index contributed by atoms with van der Waals surface area (Å²) in [6.45, 7) is 2.02. The second kappa shape index (κ2) is 6.58. The molecule has 1 aromatic carbocycles. The molecule has 0 aliphatic carbocycles. The third-order valence-corrected chi connectivity index (χ3v) is 3.12. The first-order valence-corrected chi connectivity index (χ1v) is 6.64. The number of nitrogens with zero attached hydrogens (tertiary/aromatic N) is 1. The molecule has 4 heteroatoms. The molecule has 0 atom stereocenters. The van der Waals surface area contributed by atoms with Gasteiger partial charge in [0.25, 0.3) is 5.91 Å². The minimum Gasteiger partial charge on any atom is -0.356 e. The lowest BCUT2D eigenvalue weighted by Gasteiger charge is -2.00. The molecule has 4 nitrogen and oxygen atoms in total. The van der Waals surface area contributed by atoms with Crippen LogP contribution in [-0.2, 0) is 11.2 Å². The maximum absolute atomic E-state index is 12.1. The molecule has 0 spiro atoms. The van der Waals surface area contributed by atoms with Crippen molar-refractivity contribution in [1.29, 1.82) is 0 Å². The molecule has 106 valence electrons. The Morgan fingerprint density at radius 1 is 1.38 bits per heavy atom. The second-order valence-electron chi connectivity index (χ2n) is 4.61. The van der Waals surface area contributed by atoms with E-state index >= 15 is 0 Å². The predicted molar refractivity (Wildman–Crippen MR) is 82.9 cm³/mol. The van der Waals surface area contributed by atoms with Gasteiger partial charge in [-0.3, -0.25) is 14.2 Å². The van der Waals surface area contributed by atoms with Gasteiger partial charge in [0.1, 0.15) is 0 Å². The van der Waals surface area contributed by atoms with Gasteiger partial charge in [-0.2, -0.15) is 0 Å². The predicted octanol–water partition coefficient (Wildman–Crippen LogP) is 2.15. The largest absolute Gasteiger partial charge is 0.356 e. The maximum Gasteiger partial charge on any atom is 0.255 e. The van der Waals surface area contributed by atoms with Crippen molar-refractivity contribution in [3.05, 3.63) is 48.2 Å². The fourth-order valence-electron chi connectivity index (χ4n) is 2.20. The zero-order chi connectivity index (χ0) is 15.2. The number of amides is 1. The van der Waals surface area contributed by atoms with Gasteiger partial charge in [0, 0.05) is 31.1 Å². The van der Waals surface area contributed by atoms with Crippen molar-refractivity contribution in [2.24, 2.45) is 0 Å². The van der Waals surface area contributed by atoms with Crippen LogP contribution in [0.2, 0.25) is 0 Å². The van der Waals surface area contributed by atoms with Crippen LogP contribution in [0, 0.1) is 12.3 Å². The van der Waals surface area contributed by atoms with E-state index in [9.17, 15) is 9.59 Å². The van der Waals surface area contributed by atoms with Gasteiger partial charge in [-0.15, -0.1) is 6.42 Å². The number of terminal acetylenes is 1. The van der Waals surface area contributed by atoms with Crippen molar-refractivity contribution in [2.45, 2.75) is 13.3 Å². The molecule has 1 N–H and O–H groups in total. The Bertz CT molecular complexity index is 748. The topological polar surface area (TPSA) is 51.1 Å². The summed E-state index contributed by atoms with van der Waals surface area (Å²) in [5, 5.41) is 3.76. The number of carbonyl (C=O) groups excluding carboxylic acids is 2. The molecular formula is C17H16N2O2. The molecule has 0 bridgehead atoms. The Hall–Kier alpha value is -2.80. The van der Waals surface area contributed by atoms with Crippen molar-refractivity contribution in [1.82, 2.24) is 9.88 Å². The van der Waals surface area contributed by atoms with Gasteiger partial charge >= 0.3 is 0 Å². The van der Waals surface area contributed by atoms with Gasteiger partial charge in [0.15, 0.2) is 0 Å². The summed E-state index contributed by atoms with van der Waals surface area (Å²) in [5.74, 6) is 2.06. The lowest BCUT2D eigenvalue weighted by atomic mass is 10.1. The number of allylic oxidation sites excluding steroid dienone is 2. The average Bonchev–Trinajstić information content (AvgIpc) is 2.84. The standard InChI is InChI=1S/C17H16N2O2/c1-3-4-9-17(21)19-12-14(10-11-18-13(2)20)15-7-5-6-8-16(15)19/h1,4-9,12H,10-11H2,2H3,(H,18,20)/b9-4+. The summed E-state index contributed by atoms with van der Waals surface area (Å²) in [5.41, 5.74) is 1.85. The van der Waals surface area contributed by atoms with E-state index in [0.29, 0.717) is 13.0 Å². The quantitative estimate of drug-likeness (QED) is 0.689. The monoisotopic (exact) mass is 280 g/mol. The summed E-state index contributed by atoms with van der Waals surface area (Å²) in [4.78, 5) is 23.1. The highest BCUT2D eigenvalue weighted by atomic mass is 16.2. The van der Waals surface area contributed by atoms with Crippen LogP contribution < -0.4 is 5.32 Å². The van der Waals surface area contributed by atoms with E-state index in [2.05, 4.69) is 11.2 Å². The second-order valence-corrected chi connectivity index (χ2v) is 4.61. The third-order valence-electron chi connectivity index (χ3n) is 3.12. The molecule has 2 rings (SSSR count). The highest BCUT2D eigenvalue weighted by Gasteiger charge is 2.11. The molecule has 0 fully saturated rings. The number of benzene rings is 1. The summed E-state index contributed by atoms with van der Waals surface area (Å²) in [7, 11) is 0. The Morgan fingerprint density at radius 2 is 2.14 bits per heavy atom. The molecule has 0 aliphatic heterocycles. The maximum atomic E-state index is 12.1. The summed E-state index contributed by atoms with van der Waals surface area (Å²) in [6.07, 6.45) is 10.3. The van der Waals surface area contributed by atoms with E-state index in [0.717, 1.165) is 16.5 Å². The molecular weight excluding hydrogens is 264 g/mol. The lowest BCUT2D eigenvalue weighted by Crippen LogP contribution is -2.22. The van der Waals surface area contributed by atoms with E-state index in [-0.39, 0.29) is 11.8 Å². The molecule has 0 radical (unpaired) electrons. The Morgan fingerprint density at radius 3 is 2.86 bits per heavy atom. The first kappa shape index (κ1) is 14.6. The number of carbonyl (C=O) groups is 2. The van der Waals surface area contributed by atoms with E-state index in [1.165, 1.54) is 19.1 Å². The summed E-state index contributed by atoms with van der Waals surface area (Å²) >= 11 is 0. The molecule has 0 saturated heterocycles. The van der Waals surface area contributed by atoms with Crippen LogP contribution >= 0.6 is 0 Å². The fraction of sp³-hybridized carbons (Fsp3) is 0.176. The van der Waals surface area contributed by atoms with Gasteiger partial charge in [-0.1, -0.05) is 24.1 Å². The van der Waals surface area contributed by atoms with Gasteiger partial charge in [-0.25, -0.2) is 0 Å². The minimum absolute atomic E-state index is 0.0632. The van der Waals surface area contributed by atoms with Crippen LogP contribution in [0.3, 0.4) is 0 Å². The van der Waals surface area contributed by atoms with Crippen LogP contribution in [0.1, 0.15) is 17.3 Å². The van der Waals surface area contributed by atoms with E-state index in [1.54, 1.807) is 10.8 Å². The number of nitrogens with one attached hydrogen (secondary N) is 1. The summed E-state index contributed by atoms with van der Waals surface area (Å²) < 4.78 is 1.58. The summed E-state index contributed by atoms with van der Waals surface area (Å²) in [6, 6.07) is 7.66. The zero-order valence-electron chi connectivity index (χ0n) is 11.8. The first-order chi connectivity index (χ1) is 10.1. The van der Waals surface area contributed by atoms with Crippen LogP contribution in [0.4, 0.5) is 0 Å². The van der Waals surface area contributed by atoms with Gasteiger partial charge < -0.3 is 5.32 Å². The molecule has 0 aliphatic rings. The van der Waals surface area contributed by atoms with Crippen LogP contribution in [0.25, 0.3) is 10.9 Å². The van der Waals surface area contributed by atoms with Crippen molar-refractivity contribution in [3.8, 4) is 12.3 Å². The lowest BCUT2D eigenvalue weighted by molar-refractivity contribution is -0.118. The number of rotatable bonds is 4. The number of para-hydroxylation sites is 1.